The lowest BCUT2D eigenvalue weighted by Gasteiger charge is -2.20. The summed E-state index contributed by atoms with van der Waals surface area (Å²) in [5.74, 6) is -3.07. The average Bonchev–Trinajstić information content (AvgIpc) is 3.00. The number of aryl methyl sites for hydroxylation is 1. The lowest BCUT2D eigenvalue weighted by atomic mass is 9.80. The van der Waals surface area contributed by atoms with E-state index in [2.05, 4.69) is 6.92 Å². The van der Waals surface area contributed by atoms with Crippen LogP contribution in [0.5, 0.6) is 0 Å². The lowest BCUT2D eigenvalue weighted by Crippen LogP contribution is -2.31. The van der Waals surface area contributed by atoms with Crippen LogP contribution in [0, 0.1) is 5.92 Å². The van der Waals surface area contributed by atoms with Crippen LogP contribution in [0.3, 0.4) is 0 Å². The molecule has 0 amide bonds. The molecule has 1 atom stereocenters. The first-order chi connectivity index (χ1) is 13.6. The fourth-order valence-corrected chi connectivity index (χ4v) is 3.88. The average molecular weight is 368 g/mol. The zero-order chi connectivity index (χ0) is 19.7. The number of Topliss-reactive ketones (excluding diaryl/α,β-unsaturated/α-hetero) is 3. The molecule has 4 rings (SSSR count). The van der Waals surface area contributed by atoms with Crippen LogP contribution in [0.4, 0.5) is 0 Å². The molecular weight excluding hydrogens is 348 g/mol. The molecule has 28 heavy (non-hydrogen) atoms. The predicted molar refractivity (Wildman–Crippen MR) is 108 cm³/mol. The smallest absolute Gasteiger partial charge is 0.181 e. The number of carbonyl (C=O) groups is 3. The van der Waals surface area contributed by atoms with E-state index in [1.807, 2.05) is 54.6 Å². The van der Waals surface area contributed by atoms with Crippen LogP contribution >= 0.6 is 0 Å². The van der Waals surface area contributed by atoms with Gasteiger partial charge in [0.2, 0.25) is 0 Å². The molecule has 0 N–H and O–H groups in total. The normalized spacial score (nSPS) is 14.8. The van der Waals surface area contributed by atoms with Gasteiger partial charge in [-0.15, -0.1) is 0 Å². The van der Waals surface area contributed by atoms with Crippen molar-refractivity contribution in [1.82, 2.24) is 0 Å². The number of carbonyl (C=O) groups excluding carboxylic acids is 3. The number of hydrogen-bond donors (Lipinski definition) is 0. The summed E-state index contributed by atoms with van der Waals surface area (Å²) in [5.41, 5.74) is 3.44. The summed E-state index contributed by atoms with van der Waals surface area (Å²) in [7, 11) is 0. The Kier molecular flexibility index (Phi) is 4.74. The second-order valence-electron chi connectivity index (χ2n) is 7.05. The lowest BCUT2D eigenvalue weighted by molar-refractivity contribution is -0.120. The largest absolute Gasteiger partial charge is 0.297 e. The SMILES string of the molecule is CCc1ccc([C@H](C(=O)C2C(=O)c3ccccc3C2=O)c2ccccc2)cc1. The van der Waals surface area contributed by atoms with Crippen molar-refractivity contribution in [3.8, 4) is 0 Å². The van der Waals surface area contributed by atoms with Gasteiger partial charge < -0.3 is 0 Å². The molecule has 0 bridgehead atoms. The monoisotopic (exact) mass is 368 g/mol. The molecule has 0 saturated carbocycles. The molecule has 1 aliphatic rings. The van der Waals surface area contributed by atoms with Gasteiger partial charge in [0.05, 0.1) is 5.92 Å². The van der Waals surface area contributed by atoms with Crippen molar-refractivity contribution in [3.63, 3.8) is 0 Å². The molecule has 0 fully saturated rings. The van der Waals surface area contributed by atoms with Crippen molar-refractivity contribution in [2.75, 3.05) is 0 Å². The van der Waals surface area contributed by atoms with Gasteiger partial charge >= 0.3 is 0 Å². The maximum absolute atomic E-state index is 13.5. The first-order valence-electron chi connectivity index (χ1n) is 9.46. The van der Waals surface area contributed by atoms with Gasteiger partial charge in [-0.1, -0.05) is 85.8 Å². The molecule has 3 aromatic carbocycles. The van der Waals surface area contributed by atoms with Crippen LogP contribution in [0.1, 0.15) is 50.2 Å². The molecular formula is C25H20O3. The number of ketones is 3. The summed E-state index contributed by atoms with van der Waals surface area (Å²) in [6, 6.07) is 23.9. The van der Waals surface area contributed by atoms with Crippen LogP contribution in [-0.2, 0) is 11.2 Å². The second-order valence-corrected chi connectivity index (χ2v) is 7.05. The summed E-state index contributed by atoms with van der Waals surface area (Å²) in [6.45, 7) is 2.07. The van der Waals surface area contributed by atoms with Crippen LogP contribution in [0.15, 0.2) is 78.9 Å². The topological polar surface area (TPSA) is 51.2 Å². The Balaban J connectivity index is 1.78. The number of hydrogen-bond acceptors (Lipinski definition) is 3. The second kappa shape index (κ2) is 7.35. The molecule has 0 aliphatic heterocycles. The molecule has 0 unspecified atom stereocenters. The maximum atomic E-state index is 13.5. The zero-order valence-electron chi connectivity index (χ0n) is 15.6. The van der Waals surface area contributed by atoms with E-state index in [-0.39, 0.29) is 5.78 Å². The van der Waals surface area contributed by atoms with Gasteiger partial charge in [0.15, 0.2) is 17.3 Å². The number of fused-ring (bicyclic) bond motifs is 1. The predicted octanol–water partition coefficient (Wildman–Crippen LogP) is 4.65. The van der Waals surface area contributed by atoms with E-state index in [4.69, 9.17) is 0 Å². The number of benzene rings is 3. The summed E-state index contributed by atoms with van der Waals surface area (Å²) >= 11 is 0. The molecule has 0 saturated heterocycles. The highest BCUT2D eigenvalue weighted by Crippen LogP contribution is 2.35. The first kappa shape index (κ1) is 18.1. The van der Waals surface area contributed by atoms with E-state index in [1.165, 1.54) is 5.56 Å². The van der Waals surface area contributed by atoms with E-state index in [0.29, 0.717) is 11.1 Å². The van der Waals surface area contributed by atoms with Gasteiger partial charge in [0.1, 0.15) is 5.92 Å². The van der Waals surface area contributed by atoms with Crippen molar-refractivity contribution >= 4 is 17.3 Å². The summed E-state index contributed by atoms with van der Waals surface area (Å²) in [6.07, 6.45) is 0.902. The van der Waals surface area contributed by atoms with Crippen molar-refractivity contribution in [2.24, 2.45) is 5.92 Å². The van der Waals surface area contributed by atoms with Gasteiger partial charge in [0, 0.05) is 11.1 Å². The molecule has 0 aromatic heterocycles. The third-order valence-electron chi connectivity index (χ3n) is 5.41. The highest BCUT2D eigenvalue weighted by atomic mass is 16.2. The van der Waals surface area contributed by atoms with Crippen LogP contribution in [0.25, 0.3) is 0 Å². The van der Waals surface area contributed by atoms with Gasteiger partial charge in [-0.05, 0) is 23.1 Å². The van der Waals surface area contributed by atoms with E-state index in [1.54, 1.807) is 24.3 Å². The number of rotatable bonds is 5. The molecule has 3 nitrogen and oxygen atoms in total. The molecule has 0 radical (unpaired) electrons. The Bertz CT molecular complexity index is 1010. The van der Waals surface area contributed by atoms with Gasteiger partial charge in [0.25, 0.3) is 0 Å². The van der Waals surface area contributed by atoms with E-state index in [0.717, 1.165) is 17.5 Å². The highest BCUT2D eigenvalue weighted by molar-refractivity contribution is 6.36. The third-order valence-corrected chi connectivity index (χ3v) is 5.41. The quantitative estimate of drug-likeness (QED) is 0.616. The molecule has 0 heterocycles. The van der Waals surface area contributed by atoms with Crippen LogP contribution in [-0.4, -0.2) is 17.3 Å². The summed E-state index contributed by atoms with van der Waals surface area (Å²) in [4.78, 5) is 39.3. The van der Waals surface area contributed by atoms with E-state index < -0.39 is 23.4 Å². The van der Waals surface area contributed by atoms with Crippen molar-refractivity contribution in [3.05, 3.63) is 107 Å². The standard InChI is InChI=1S/C25H20O3/c1-2-16-12-14-18(15-13-16)21(17-8-4-3-5-9-17)25(28)22-23(26)19-10-6-7-11-20(19)24(22)27/h3-15,21-22H,2H2,1H3/t21-/m1/s1. The zero-order valence-corrected chi connectivity index (χ0v) is 15.6. The van der Waals surface area contributed by atoms with Crippen molar-refractivity contribution in [1.29, 1.82) is 0 Å². The third kappa shape index (κ3) is 2.99. The molecule has 3 heteroatoms. The Morgan fingerprint density at radius 1 is 0.750 bits per heavy atom. The summed E-state index contributed by atoms with van der Waals surface area (Å²) in [5, 5.41) is 0. The van der Waals surface area contributed by atoms with Gasteiger partial charge in [-0.25, -0.2) is 0 Å². The fourth-order valence-electron chi connectivity index (χ4n) is 3.88. The molecule has 0 spiro atoms. The minimum atomic E-state index is -1.27. The minimum Gasteiger partial charge on any atom is -0.297 e. The minimum absolute atomic E-state index is 0.346. The van der Waals surface area contributed by atoms with Crippen LogP contribution < -0.4 is 0 Å². The highest BCUT2D eigenvalue weighted by Gasteiger charge is 2.45. The van der Waals surface area contributed by atoms with Gasteiger partial charge in [-0.2, -0.15) is 0 Å². The van der Waals surface area contributed by atoms with Crippen molar-refractivity contribution < 1.29 is 14.4 Å². The molecule has 3 aromatic rings. The Hall–Kier alpha value is -3.33. The molecule has 1 aliphatic carbocycles. The fraction of sp³-hybridized carbons (Fsp3) is 0.160. The van der Waals surface area contributed by atoms with Gasteiger partial charge in [-0.3, -0.25) is 14.4 Å². The summed E-state index contributed by atoms with van der Waals surface area (Å²) < 4.78 is 0. The van der Waals surface area contributed by atoms with E-state index >= 15 is 0 Å². The Labute approximate surface area is 164 Å². The van der Waals surface area contributed by atoms with Crippen molar-refractivity contribution in [2.45, 2.75) is 19.3 Å². The van der Waals surface area contributed by atoms with E-state index in [9.17, 15) is 14.4 Å². The Morgan fingerprint density at radius 3 is 1.79 bits per heavy atom. The van der Waals surface area contributed by atoms with Crippen LogP contribution in [0.2, 0.25) is 0 Å². The Morgan fingerprint density at radius 2 is 1.25 bits per heavy atom. The maximum Gasteiger partial charge on any atom is 0.181 e. The first-order valence-corrected chi connectivity index (χ1v) is 9.46. The molecule has 138 valence electrons.